The number of carbonyl (C=O) groups is 1. The number of rotatable bonds is 9. The number of hydrogen-bond acceptors (Lipinski definition) is 6. The molecule has 0 unspecified atom stereocenters. The zero-order chi connectivity index (χ0) is 30.3. The van der Waals surface area contributed by atoms with Crippen molar-refractivity contribution in [1.29, 1.82) is 0 Å². The van der Waals surface area contributed by atoms with Crippen LogP contribution >= 0.6 is 0 Å². The molecule has 2 aromatic heterocycles. The Morgan fingerprint density at radius 1 is 0.930 bits per heavy atom. The van der Waals surface area contributed by atoms with E-state index >= 15 is 0 Å². The van der Waals surface area contributed by atoms with Crippen LogP contribution in [0.3, 0.4) is 0 Å². The van der Waals surface area contributed by atoms with E-state index in [1.807, 2.05) is 32.3 Å². The lowest BCUT2D eigenvalue weighted by Gasteiger charge is -2.10. The molecule has 3 aromatic carbocycles. The Kier molecular flexibility index (Phi) is 9.08. The van der Waals surface area contributed by atoms with Crippen molar-refractivity contribution in [2.24, 2.45) is 0 Å². The number of aromatic nitrogens is 4. The Hall–Kier alpha value is -5.07. The highest BCUT2D eigenvalue weighted by Crippen LogP contribution is 2.16. The Labute approximate surface area is 247 Å². The molecule has 5 aromatic rings. The lowest BCUT2D eigenvalue weighted by Crippen LogP contribution is -2.27. The molecule has 0 spiro atoms. The van der Waals surface area contributed by atoms with Crippen LogP contribution in [0.25, 0.3) is 10.9 Å². The van der Waals surface area contributed by atoms with Crippen LogP contribution in [0.15, 0.2) is 84.2 Å². The molecular formula is C34H29F2N5O2. The number of ketones is 1. The molecule has 0 saturated heterocycles. The number of benzene rings is 3. The average Bonchev–Trinajstić information content (AvgIpc) is 2.99. The molecule has 0 amide bonds. The molecule has 0 bridgehead atoms. The van der Waals surface area contributed by atoms with E-state index in [1.165, 1.54) is 28.7 Å². The maximum atomic E-state index is 13.5. The van der Waals surface area contributed by atoms with Crippen molar-refractivity contribution in [3.8, 4) is 11.8 Å². The Balaban J connectivity index is 1.19. The molecule has 0 fully saturated rings. The van der Waals surface area contributed by atoms with Gasteiger partial charge in [-0.1, -0.05) is 42.2 Å². The minimum absolute atomic E-state index is 0.0370. The first kappa shape index (κ1) is 29.4. The molecule has 0 N–H and O–H groups in total. The van der Waals surface area contributed by atoms with Crippen molar-refractivity contribution < 1.29 is 13.6 Å². The van der Waals surface area contributed by atoms with Crippen LogP contribution in [0.5, 0.6) is 0 Å². The first-order valence-corrected chi connectivity index (χ1v) is 13.7. The van der Waals surface area contributed by atoms with Gasteiger partial charge in [-0.3, -0.25) is 14.2 Å². The van der Waals surface area contributed by atoms with Crippen LogP contribution in [0, 0.1) is 23.5 Å². The van der Waals surface area contributed by atoms with E-state index in [-0.39, 0.29) is 24.9 Å². The third kappa shape index (κ3) is 7.61. The highest BCUT2D eigenvalue weighted by molar-refractivity contribution is 5.95. The van der Waals surface area contributed by atoms with Crippen LogP contribution in [0.4, 0.5) is 8.78 Å². The highest BCUT2D eigenvalue weighted by Gasteiger charge is 2.13. The van der Waals surface area contributed by atoms with Gasteiger partial charge in [0.2, 0.25) is 0 Å². The summed E-state index contributed by atoms with van der Waals surface area (Å²) in [6.07, 6.45) is 5.20. The number of halogens is 2. The fourth-order valence-electron chi connectivity index (χ4n) is 4.61. The molecule has 2 heterocycles. The second-order valence-electron chi connectivity index (χ2n) is 10.5. The van der Waals surface area contributed by atoms with Gasteiger partial charge in [0.1, 0.15) is 11.4 Å². The van der Waals surface area contributed by atoms with Gasteiger partial charge in [0.05, 0.1) is 18.4 Å². The lowest BCUT2D eigenvalue weighted by molar-refractivity contribution is 0.0982. The highest BCUT2D eigenvalue weighted by atomic mass is 19.2. The minimum Gasteiger partial charge on any atom is -0.305 e. The maximum Gasteiger partial charge on any atom is 0.264 e. The lowest BCUT2D eigenvalue weighted by atomic mass is 10.1. The summed E-state index contributed by atoms with van der Waals surface area (Å²) in [5, 5.41) is 0.866. The largest absolute Gasteiger partial charge is 0.305 e. The Morgan fingerprint density at radius 2 is 1.70 bits per heavy atom. The average molecular weight is 578 g/mol. The Morgan fingerprint density at radius 3 is 2.47 bits per heavy atom. The van der Waals surface area contributed by atoms with Gasteiger partial charge in [-0.25, -0.2) is 23.7 Å². The molecule has 0 aliphatic heterocycles. The van der Waals surface area contributed by atoms with Gasteiger partial charge in [-0.05, 0) is 61.1 Å². The standard InChI is InChI=1S/C34H29F2N5O2/c1-40(2)20-25-9-7-24(8-10-25)17-33-38-18-27-15-23(12-14-31(27)39-33)5-3-4-6-32(42)28-19-37-22-41(34(28)43)21-26-11-13-29(35)30(36)16-26/h7-16,18-19,22H,4,6,17,20-21H2,1-2H3. The van der Waals surface area contributed by atoms with Crippen molar-refractivity contribution in [1.82, 2.24) is 24.4 Å². The molecule has 43 heavy (non-hydrogen) atoms. The number of nitrogens with zero attached hydrogens (tertiary/aromatic N) is 5. The van der Waals surface area contributed by atoms with E-state index in [4.69, 9.17) is 4.98 Å². The maximum absolute atomic E-state index is 13.5. The van der Waals surface area contributed by atoms with E-state index in [9.17, 15) is 18.4 Å². The number of fused-ring (bicyclic) bond motifs is 1. The summed E-state index contributed by atoms with van der Waals surface area (Å²) in [6, 6.07) is 17.5. The molecule has 216 valence electrons. The first-order chi connectivity index (χ1) is 20.7. The topological polar surface area (TPSA) is 81.0 Å². The molecule has 0 atom stereocenters. The quantitative estimate of drug-likeness (QED) is 0.177. The summed E-state index contributed by atoms with van der Waals surface area (Å²) in [5.41, 5.74) is 3.74. The zero-order valence-corrected chi connectivity index (χ0v) is 23.8. The van der Waals surface area contributed by atoms with E-state index in [0.717, 1.165) is 46.5 Å². The van der Waals surface area contributed by atoms with Crippen LogP contribution in [0.2, 0.25) is 0 Å². The Bertz CT molecular complexity index is 1910. The number of hydrogen-bond donors (Lipinski definition) is 0. The molecule has 9 heteroatoms. The van der Waals surface area contributed by atoms with E-state index in [0.29, 0.717) is 12.0 Å². The van der Waals surface area contributed by atoms with Crippen LogP contribution in [0.1, 0.15) is 51.3 Å². The molecule has 0 radical (unpaired) electrons. The fourth-order valence-corrected chi connectivity index (χ4v) is 4.61. The van der Waals surface area contributed by atoms with Crippen molar-refractivity contribution in [3.05, 3.63) is 135 Å². The molecule has 0 saturated carbocycles. The van der Waals surface area contributed by atoms with E-state index in [1.54, 1.807) is 6.20 Å². The normalized spacial score (nSPS) is 11.0. The number of carbonyl (C=O) groups excluding carboxylic acids is 1. The van der Waals surface area contributed by atoms with E-state index in [2.05, 4.69) is 51.0 Å². The SMILES string of the molecule is CN(C)Cc1ccc(Cc2ncc3cc(C#CCCC(=O)c4cncn(Cc5ccc(F)c(F)c5)c4=O)ccc3n2)cc1. The third-order valence-corrected chi connectivity index (χ3v) is 6.76. The summed E-state index contributed by atoms with van der Waals surface area (Å²) < 4.78 is 27.9. The second-order valence-corrected chi connectivity index (χ2v) is 10.5. The summed E-state index contributed by atoms with van der Waals surface area (Å²) in [4.78, 5) is 40.9. The van der Waals surface area contributed by atoms with Crippen LogP contribution in [-0.4, -0.2) is 44.3 Å². The van der Waals surface area contributed by atoms with Gasteiger partial charge < -0.3 is 4.90 Å². The van der Waals surface area contributed by atoms with Gasteiger partial charge in [0.25, 0.3) is 5.56 Å². The van der Waals surface area contributed by atoms with Crippen molar-refractivity contribution in [2.45, 2.75) is 32.4 Å². The number of Topliss-reactive ketones (excluding diaryl/α,β-unsaturated/α-hetero) is 1. The zero-order valence-electron chi connectivity index (χ0n) is 23.8. The van der Waals surface area contributed by atoms with Gasteiger partial charge in [0, 0.05) is 49.2 Å². The predicted octanol–water partition coefficient (Wildman–Crippen LogP) is 5.18. The fraction of sp³-hybridized carbons (Fsp3) is 0.206. The smallest absolute Gasteiger partial charge is 0.264 e. The van der Waals surface area contributed by atoms with Crippen molar-refractivity contribution in [3.63, 3.8) is 0 Å². The monoisotopic (exact) mass is 577 g/mol. The molecule has 0 aliphatic carbocycles. The van der Waals surface area contributed by atoms with E-state index < -0.39 is 23.0 Å². The van der Waals surface area contributed by atoms with Gasteiger partial charge >= 0.3 is 0 Å². The van der Waals surface area contributed by atoms with Crippen LogP contribution in [-0.2, 0) is 19.5 Å². The molecule has 0 aliphatic rings. The van der Waals surface area contributed by atoms with Gasteiger partial charge in [-0.15, -0.1) is 0 Å². The molecule has 5 rings (SSSR count). The summed E-state index contributed by atoms with van der Waals surface area (Å²) in [5.74, 6) is 4.42. The van der Waals surface area contributed by atoms with Crippen molar-refractivity contribution >= 4 is 16.7 Å². The molecular weight excluding hydrogens is 548 g/mol. The summed E-state index contributed by atoms with van der Waals surface area (Å²) in [7, 11) is 4.09. The first-order valence-electron chi connectivity index (χ1n) is 13.7. The van der Waals surface area contributed by atoms with Gasteiger partial charge in [0.15, 0.2) is 17.4 Å². The summed E-state index contributed by atoms with van der Waals surface area (Å²) >= 11 is 0. The van der Waals surface area contributed by atoms with Crippen molar-refractivity contribution in [2.75, 3.05) is 14.1 Å². The van der Waals surface area contributed by atoms with Gasteiger partial charge in [-0.2, -0.15) is 0 Å². The second kappa shape index (κ2) is 13.3. The third-order valence-electron chi connectivity index (χ3n) is 6.76. The van der Waals surface area contributed by atoms with Crippen LogP contribution < -0.4 is 5.56 Å². The summed E-state index contributed by atoms with van der Waals surface area (Å²) in [6.45, 7) is 0.852. The molecule has 7 nitrogen and oxygen atoms in total. The predicted molar refractivity (Wildman–Crippen MR) is 161 cm³/mol. The minimum atomic E-state index is -1.01.